The lowest BCUT2D eigenvalue weighted by molar-refractivity contribution is -0.128. The van der Waals surface area contributed by atoms with E-state index in [2.05, 4.69) is 10.6 Å². The summed E-state index contributed by atoms with van der Waals surface area (Å²) in [7, 11) is 1.69. The Morgan fingerprint density at radius 2 is 2.09 bits per heavy atom. The first-order chi connectivity index (χ1) is 10.5. The molecule has 0 spiro atoms. The van der Waals surface area contributed by atoms with Crippen LogP contribution >= 0.6 is 0 Å². The fraction of sp³-hybridized carbons (Fsp3) is 0.467. The summed E-state index contributed by atoms with van der Waals surface area (Å²) < 4.78 is 26.5. The lowest BCUT2D eigenvalue weighted by Crippen LogP contribution is -2.46. The quantitative estimate of drug-likeness (QED) is 0.885. The molecule has 22 heavy (non-hydrogen) atoms. The number of likely N-dealkylation sites (N-methyl/N-ethyl adjacent to an activating group) is 1. The van der Waals surface area contributed by atoms with Gasteiger partial charge in [0.15, 0.2) is 0 Å². The van der Waals surface area contributed by atoms with Crippen LogP contribution in [0.4, 0.5) is 13.6 Å². The zero-order chi connectivity index (χ0) is 15.9. The molecule has 118 valence electrons. The SMILES string of the molecule is CN1CC[C@H](NC(=O)N[C@@H]2C[C@@H]2c2ccc(F)cc2F)C1=O. The molecule has 2 N–H and O–H groups in total. The number of likely N-dealkylation sites (tertiary alicyclic amines) is 1. The standard InChI is InChI=1S/C15H17F2N3O2/c1-20-5-4-12(14(20)21)18-15(22)19-13-7-10(13)9-3-2-8(16)6-11(9)17/h2-3,6,10,12-13H,4-5,7H2,1H3,(H2,18,19,22)/t10-,12+,13-/m1/s1. The van der Waals surface area contributed by atoms with E-state index < -0.39 is 23.7 Å². The van der Waals surface area contributed by atoms with E-state index in [-0.39, 0.29) is 17.9 Å². The van der Waals surface area contributed by atoms with E-state index >= 15 is 0 Å². The van der Waals surface area contributed by atoms with Gasteiger partial charge in [0.2, 0.25) is 5.91 Å². The van der Waals surface area contributed by atoms with Gasteiger partial charge in [0.25, 0.3) is 0 Å². The van der Waals surface area contributed by atoms with Gasteiger partial charge in [0, 0.05) is 31.6 Å². The fourth-order valence-corrected chi connectivity index (χ4v) is 2.83. The maximum atomic E-state index is 13.7. The molecular weight excluding hydrogens is 292 g/mol. The highest BCUT2D eigenvalue weighted by atomic mass is 19.1. The van der Waals surface area contributed by atoms with Gasteiger partial charge >= 0.3 is 6.03 Å². The molecule has 0 unspecified atom stereocenters. The van der Waals surface area contributed by atoms with E-state index in [1.807, 2.05) is 0 Å². The van der Waals surface area contributed by atoms with Crippen LogP contribution in [0.2, 0.25) is 0 Å². The summed E-state index contributed by atoms with van der Waals surface area (Å²) in [5, 5.41) is 5.36. The number of amides is 3. The van der Waals surface area contributed by atoms with Crippen molar-refractivity contribution in [3.63, 3.8) is 0 Å². The molecule has 1 aliphatic heterocycles. The average Bonchev–Trinajstić information content (AvgIpc) is 3.13. The molecule has 1 saturated heterocycles. The van der Waals surface area contributed by atoms with E-state index in [9.17, 15) is 18.4 Å². The monoisotopic (exact) mass is 309 g/mol. The van der Waals surface area contributed by atoms with Crippen molar-refractivity contribution in [2.45, 2.75) is 30.8 Å². The Balaban J connectivity index is 1.53. The minimum absolute atomic E-state index is 0.105. The molecule has 1 aromatic rings. The molecule has 3 atom stereocenters. The molecule has 1 aliphatic carbocycles. The molecule has 2 aliphatic rings. The maximum Gasteiger partial charge on any atom is 0.315 e. The summed E-state index contributed by atoms with van der Waals surface area (Å²) >= 11 is 0. The highest BCUT2D eigenvalue weighted by Gasteiger charge is 2.41. The van der Waals surface area contributed by atoms with E-state index in [4.69, 9.17) is 0 Å². The van der Waals surface area contributed by atoms with E-state index in [0.717, 1.165) is 6.07 Å². The number of carbonyl (C=O) groups excluding carboxylic acids is 2. The smallest absolute Gasteiger partial charge is 0.315 e. The first kappa shape index (κ1) is 14.7. The number of hydrogen-bond donors (Lipinski definition) is 2. The van der Waals surface area contributed by atoms with Crippen molar-refractivity contribution < 1.29 is 18.4 Å². The predicted molar refractivity (Wildman–Crippen MR) is 75.2 cm³/mol. The number of urea groups is 1. The van der Waals surface area contributed by atoms with Gasteiger partial charge in [-0.1, -0.05) is 6.07 Å². The van der Waals surface area contributed by atoms with Gasteiger partial charge in [0.1, 0.15) is 17.7 Å². The number of halogens is 2. The fourth-order valence-electron chi connectivity index (χ4n) is 2.83. The predicted octanol–water partition coefficient (Wildman–Crippen LogP) is 1.35. The van der Waals surface area contributed by atoms with Crippen molar-refractivity contribution in [2.75, 3.05) is 13.6 Å². The van der Waals surface area contributed by atoms with Crippen LogP contribution in [0.1, 0.15) is 24.3 Å². The lowest BCUT2D eigenvalue weighted by Gasteiger charge is -2.13. The van der Waals surface area contributed by atoms with Crippen LogP contribution in [-0.4, -0.2) is 42.5 Å². The molecule has 5 nitrogen and oxygen atoms in total. The number of nitrogens with zero attached hydrogens (tertiary/aromatic N) is 1. The van der Waals surface area contributed by atoms with Gasteiger partial charge < -0.3 is 15.5 Å². The van der Waals surface area contributed by atoms with Gasteiger partial charge in [-0.15, -0.1) is 0 Å². The summed E-state index contributed by atoms with van der Waals surface area (Å²) in [6.07, 6.45) is 1.19. The van der Waals surface area contributed by atoms with Crippen molar-refractivity contribution in [1.82, 2.24) is 15.5 Å². The van der Waals surface area contributed by atoms with Gasteiger partial charge in [-0.25, -0.2) is 13.6 Å². The number of carbonyl (C=O) groups is 2. The summed E-state index contributed by atoms with van der Waals surface area (Å²) in [5.74, 6) is -1.46. The van der Waals surface area contributed by atoms with Crippen molar-refractivity contribution in [1.29, 1.82) is 0 Å². The van der Waals surface area contributed by atoms with Crippen LogP contribution in [0.3, 0.4) is 0 Å². The Kier molecular flexibility index (Phi) is 3.72. The number of hydrogen-bond acceptors (Lipinski definition) is 2. The average molecular weight is 309 g/mol. The third-order valence-electron chi connectivity index (χ3n) is 4.20. The third-order valence-corrected chi connectivity index (χ3v) is 4.20. The first-order valence-electron chi connectivity index (χ1n) is 7.22. The zero-order valence-electron chi connectivity index (χ0n) is 12.1. The van der Waals surface area contributed by atoms with Crippen LogP contribution in [0.5, 0.6) is 0 Å². The Labute approximate surface area is 126 Å². The summed E-state index contributed by atoms with van der Waals surface area (Å²) in [4.78, 5) is 25.1. The highest BCUT2D eigenvalue weighted by molar-refractivity contribution is 5.88. The molecule has 0 aromatic heterocycles. The van der Waals surface area contributed by atoms with Crippen LogP contribution < -0.4 is 10.6 Å². The van der Waals surface area contributed by atoms with Crippen LogP contribution in [0.25, 0.3) is 0 Å². The molecule has 0 bridgehead atoms. The molecule has 1 aromatic carbocycles. The van der Waals surface area contributed by atoms with E-state index in [1.165, 1.54) is 12.1 Å². The van der Waals surface area contributed by atoms with Crippen molar-refractivity contribution >= 4 is 11.9 Å². The topological polar surface area (TPSA) is 61.4 Å². The molecule has 0 radical (unpaired) electrons. The minimum Gasteiger partial charge on any atom is -0.344 e. The molecule has 1 heterocycles. The highest BCUT2D eigenvalue weighted by Crippen LogP contribution is 2.41. The summed E-state index contributed by atoms with van der Waals surface area (Å²) in [6.45, 7) is 0.622. The van der Waals surface area contributed by atoms with E-state index in [1.54, 1.807) is 11.9 Å². The number of nitrogens with one attached hydrogen (secondary N) is 2. The first-order valence-corrected chi connectivity index (χ1v) is 7.22. The Bertz CT molecular complexity index is 623. The van der Waals surface area contributed by atoms with Crippen LogP contribution in [0.15, 0.2) is 18.2 Å². The van der Waals surface area contributed by atoms with E-state index in [0.29, 0.717) is 24.9 Å². The van der Waals surface area contributed by atoms with Gasteiger partial charge in [-0.05, 0) is 24.5 Å². The van der Waals surface area contributed by atoms with Gasteiger partial charge in [-0.3, -0.25) is 4.79 Å². The second-order valence-corrected chi connectivity index (χ2v) is 5.83. The van der Waals surface area contributed by atoms with Crippen molar-refractivity contribution in [3.8, 4) is 0 Å². The normalized spacial score (nSPS) is 27.0. The Morgan fingerprint density at radius 3 is 2.73 bits per heavy atom. The molecule has 1 saturated carbocycles. The third kappa shape index (κ3) is 2.88. The van der Waals surface area contributed by atoms with Crippen LogP contribution in [0, 0.1) is 11.6 Å². The second-order valence-electron chi connectivity index (χ2n) is 5.83. The van der Waals surface area contributed by atoms with Crippen LogP contribution in [-0.2, 0) is 4.79 Å². The molecule has 7 heteroatoms. The lowest BCUT2D eigenvalue weighted by atomic mass is 10.1. The summed E-state index contributed by atoms with van der Waals surface area (Å²) in [5.41, 5.74) is 0.406. The zero-order valence-corrected chi connectivity index (χ0v) is 12.1. The van der Waals surface area contributed by atoms with Crippen molar-refractivity contribution in [2.24, 2.45) is 0 Å². The molecular formula is C15H17F2N3O2. The van der Waals surface area contributed by atoms with Gasteiger partial charge in [-0.2, -0.15) is 0 Å². The second kappa shape index (κ2) is 5.55. The number of rotatable bonds is 3. The Morgan fingerprint density at radius 1 is 1.32 bits per heavy atom. The molecule has 3 rings (SSSR count). The maximum absolute atomic E-state index is 13.7. The largest absolute Gasteiger partial charge is 0.344 e. The minimum atomic E-state index is -0.618. The summed E-state index contributed by atoms with van der Waals surface area (Å²) in [6, 6.07) is 2.35. The van der Waals surface area contributed by atoms with Gasteiger partial charge in [0.05, 0.1) is 0 Å². The van der Waals surface area contributed by atoms with Crippen molar-refractivity contribution in [3.05, 3.63) is 35.4 Å². The molecule has 2 fully saturated rings. The number of benzene rings is 1. The molecule has 3 amide bonds. The Hall–Kier alpha value is -2.18.